The third-order valence-electron chi connectivity index (χ3n) is 7.60. The molecule has 1 aromatic carbocycles. The molecular formula is C28H35F2N5O4. The first-order chi connectivity index (χ1) is 18.2. The molecule has 11 heteroatoms. The number of aryl methyl sites for hydroxylation is 1. The van der Waals surface area contributed by atoms with Crippen molar-refractivity contribution in [2.45, 2.75) is 64.2 Å². The Hall–Kier alpha value is -3.44. The molecule has 1 aliphatic rings. The van der Waals surface area contributed by atoms with Crippen molar-refractivity contribution in [1.29, 1.82) is 0 Å². The molecule has 0 atom stereocenters. The van der Waals surface area contributed by atoms with E-state index in [0.29, 0.717) is 54.2 Å². The van der Waals surface area contributed by atoms with E-state index in [-0.39, 0.29) is 29.1 Å². The molecule has 0 bridgehead atoms. The molecule has 210 valence electrons. The number of anilines is 1. The fraction of sp³-hybridized carbons (Fsp3) is 0.500. The number of hydrogen-bond donors (Lipinski definition) is 2. The second-order valence-corrected chi connectivity index (χ2v) is 10.7. The Labute approximate surface area is 225 Å². The molecule has 0 spiro atoms. The van der Waals surface area contributed by atoms with Crippen molar-refractivity contribution in [2.75, 3.05) is 25.5 Å². The maximum Gasteiger partial charge on any atom is 0.300 e. The number of hydrogen-bond acceptors (Lipinski definition) is 7. The Kier molecular flexibility index (Phi) is 7.52. The van der Waals surface area contributed by atoms with Crippen LogP contribution in [0.25, 0.3) is 10.9 Å². The predicted molar refractivity (Wildman–Crippen MR) is 144 cm³/mol. The normalized spacial score (nSPS) is 16.0. The van der Waals surface area contributed by atoms with Gasteiger partial charge in [0.25, 0.3) is 5.56 Å². The van der Waals surface area contributed by atoms with Crippen LogP contribution in [0.15, 0.2) is 35.1 Å². The number of aliphatic hydroxyl groups is 1. The number of likely N-dealkylation sites (tertiary alicyclic amines) is 1. The van der Waals surface area contributed by atoms with Gasteiger partial charge < -0.3 is 24.6 Å². The number of benzene rings is 1. The maximum absolute atomic E-state index is 14.7. The number of amides is 1. The third kappa shape index (κ3) is 5.25. The molecule has 3 aromatic rings. The minimum atomic E-state index is -3.45. The van der Waals surface area contributed by atoms with Crippen molar-refractivity contribution in [3.63, 3.8) is 0 Å². The van der Waals surface area contributed by atoms with E-state index in [9.17, 15) is 23.5 Å². The first-order valence-electron chi connectivity index (χ1n) is 12.8. The number of carbonyl (C=O) groups excluding carboxylic acids is 1. The molecule has 9 nitrogen and oxygen atoms in total. The van der Waals surface area contributed by atoms with E-state index in [2.05, 4.69) is 15.3 Å². The smallest absolute Gasteiger partial charge is 0.300 e. The van der Waals surface area contributed by atoms with Gasteiger partial charge in [-0.05, 0) is 51.3 Å². The molecule has 39 heavy (non-hydrogen) atoms. The Balaban J connectivity index is 1.73. The highest BCUT2D eigenvalue weighted by Crippen LogP contribution is 2.39. The summed E-state index contributed by atoms with van der Waals surface area (Å²) in [5.41, 5.74) is -2.20. The number of alkyl halides is 2. The number of rotatable bonds is 7. The lowest BCUT2D eigenvalue weighted by Gasteiger charge is -2.41. The number of piperidine rings is 1. The van der Waals surface area contributed by atoms with Gasteiger partial charge in [0, 0.05) is 46.3 Å². The molecule has 4 rings (SSSR count). The number of halogens is 2. The Bertz CT molecular complexity index is 1460. The lowest BCUT2D eigenvalue weighted by atomic mass is 9.86. The van der Waals surface area contributed by atoms with Crippen LogP contribution in [0.1, 0.15) is 56.3 Å². The molecule has 0 unspecified atom stereocenters. The van der Waals surface area contributed by atoms with Gasteiger partial charge >= 0.3 is 5.92 Å². The van der Waals surface area contributed by atoms with Crippen LogP contribution in [-0.2, 0) is 34.6 Å². The lowest BCUT2D eigenvalue weighted by Crippen LogP contribution is -2.47. The molecule has 0 aliphatic carbocycles. The van der Waals surface area contributed by atoms with Crippen LogP contribution in [0.4, 0.5) is 14.6 Å². The van der Waals surface area contributed by atoms with Crippen LogP contribution >= 0.6 is 0 Å². The Morgan fingerprint density at radius 3 is 2.46 bits per heavy atom. The molecule has 2 N–H and O–H groups in total. The number of carbonyl (C=O) groups is 1. The highest BCUT2D eigenvalue weighted by atomic mass is 19.3. The topological polar surface area (TPSA) is 110 Å². The first kappa shape index (κ1) is 28.6. The van der Waals surface area contributed by atoms with Gasteiger partial charge in [-0.25, -0.2) is 9.97 Å². The van der Waals surface area contributed by atoms with Gasteiger partial charge in [-0.1, -0.05) is 18.2 Å². The van der Waals surface area contributed by atoms with Crippen molar-refractivity contribution in [1.82, 2.24) is 19.4 Å². The molecule has 1 amide bonds. The highest BCUT2D eigenvalue weighted by molar-refractivity contribution is 5.89. The standard InChI is InChI=1S/C28H35F2N5O4/c1-17-32-23-21(15-22(34(5)25(23)37)27(39-6)10-12-35(13-11-27)18(2)36)24(33-17)31-16-19-8-7-9-20(14-19)28(29,30)26(3,4)38/h7-9,14-15,38H,10-13,16H2,1-6H3,(H,31,32,33). The van der Waals surface area contributed by atoms with E-state index in [1.165, 1.54) is 29.7 Å². The van der Waals surface area contributed by atoms with Crippen molar-refractivity contribution in [2.24, 2.45) is 7.05 Å². The average molecular weight is 544 g/mol. The van der Waals surface area contributed by atoms with Gasteiger partial charge in [0.05, 0.1) is 11.1 Å². The summed E-state index contributed by atoms with van der Waals surface area (Å²) < 4.78 is 37.0. The highest BCUT2D eigenvalue weighted by Gasteiger charge is 2.47. The zero-order chi connectivity index (χ0) is 28.8. The van der Waals surface area contributed by atoms with Crippen molar-refractivity contribution in [3.8, 4) is 0 Å². The summed E-state index contributed by atoms with van der Waals surface area (Å²) in [6, 6.07) is 7.67. The zero-order valence-corrected chi connectivity index (χ0v) is 23.1. The second kappa shape index (κ2) is 10.3. The molecule has 0 radical (unpaired) electrons. The number of aromatic nitrogens is 3. The monoisotopic (exact) mass is 543 g/mol. The predicted octanol–water partition coefficient (Wildman–Crippen LogP) is 3.60. The SMILES string of the molecule is COC1(c2cc3c(NCc4cccc(C(F)(F)C(C)(C)O)c4)nc(C)nc3c(=O)n2C)CCN(C(C)=O)CC1. The number of nitrogens with zero attached hydrogens (tertiary/aromatic N) is 4. The number of methoxy groups -OCH3 is 1. The van der Waals surface area contributed by atoms with Crippen LogP contribution in [0.5, 0.6) is 0 Å². The maximum atomic E-state index is 14.7. The van der Waals surface area contributed by atoms with E-state index in [4.69, 9.17) is 4.74 Å². The van der Waals surface area contributed by atoms with Gasteiger partial charge in [0.1, 0.15) is 28.4 Å². The van der Waals surface area contributed by atoms with Crippen LogP contribution in [-0.4, -0.2) is 56.2 Å². The quantitative estimate of drug-likeness (QED) is 0.469. The molecular weight excluding hydrogens is 508 g/mol. The largest absolute Gasteiger partial charge is 0.384 e. The third-order valence-corrected chi connectivity index (χ3v) is 7.60. The van der Waals surface area contributed by atoms with E-state index in [0.717, 1.165) is 13.8 Å². The number of nitrogens with one attached hydrogen (secondary N) is 1. The minimum Gasteiger partial charge on any atom is -0.384 e. The van der Waals surface area contributed by atoms with Crippen molar-refractivity contribution >= 4 is 22.6 Å². The van der Waals surface area contributed by atoms with Crippen LogP contribution in [0, 0.1) is 6.92 Å². The van der Waals surface area contributed by atoms with Crippen molar-refractivity contribution < 1.29 is 23.4 Å². The summed E-state index contributed by atoms with van der Waals surface area (Å²) in [4.78, 5) is 36.0. The van der Waals surface area contributed by atoms with Gasteiger partial charge in [0.2, 0.25) is 5.91 Å². The molecule has 3 heterocycles. The molecule has 0 saturated carbocycles. The van der Waals surface area contributed by atoms with Gasteiger partial charge in [-0.3, -0.25) is 9.59 Å². The molecule has 1 aliphatic heterocycles. The Morgan fingerprint density at radius 1 is 1.21 bits per heavy atom. The van der Waals surface area contributed by atoms with E-state index in [1.54, 1.807) is 32.0 Å². The van der Waals surface area contributed by atoms with Crippen LogP contribution < -0.4 is 10.9 Å². The summed E-state index contributed by atoms with van der Waals surface area (Å²) >= 11 is 0. The summed E-state index contributed by atoms with van der Waals surface area (Å²) in [6.07, 6.45) is 1.03. The van der Waals surface area contributed by atoms with Crippen LogP contribution in [0.3, 0.4) is 0 Å². The van der Waals surface area contributed by atoms with E-state index in [1.807, 2.05) is 6.07 Å². The average Bonchev–Trinajstić information content (AvgIpc) is 2.89. The summed E-state index contributed by atoms with van der Waals surface area (Å²) in [7, 11) is 3.27. The lowest BCUT2D eigenvalue weighted by molar-refractivity contribution is -0.168. The molecule has 2 aromatic heterocycles. The van der Waals surface area contributed by atoms with Crippen LogP contribution in [0.2, 0.25) is 0 Å². The molecule has 1 fully saturated rings. The summed E-state index contributed by atoms with van der Waals surface area (Å²) in [6.45, 7) is 6.49. The summed E-state index contributed by atoms with van der Waals surface area (Å²) in [5, 5.41) is 13.6. The fourth-order valence-electron chi connectivity index (χ4n) is 5.12. The number of pyridine rings is 1. The van der Waals surface area contributed by atoms with E-state index < -0.39 is 17.1 Å². The second-order valence-electron chi connectivity index (χ2n) is 10.7. The number of fused-ring (bicyclic) bond motifs is 1. The zero-order valence-electron chi connectivity index (χ0n) is 23.1. The fourth-order valence-corrected chi connectivity index (χ4v) is 5.12. The van der Waals surface area contributed by atoms with Gasteiger partial charge in [-0.2, -0.15) is 8.78 Å². The van der Waals surface area contributed by atoms with Crippen molar-refractivity contribution in [3.05, 3.63) is 63.3 Å². The molecule has 1 saturated heterocycles. The van der Waals surface area contributed by atoms with Gasteiger partial charge in [-0.15, -0.1) is 0 Å². The van der Waals surface area contributed by atoms with Gasteiger partial charge in [0.15, 0.2) is 0 Å². The minimum absolute atomic E-state index is 0.00755. The first-order valence-corrected chi connectivity index (χ1v) is 12.8. The number of ether oxygens (including phenoxy) is 1. The Morgan fingerprint density at radius 2 is 1.87 bits per heavy atom. The van der Waals surface area contributed by atoms with E-state index >= 15 is 0 Å². The summed E-state index contributed by atoms with van der Waals surface area (Å²) in [5.74, 6) is -2.68.